The van der Waals surface area contributed by atoms with Crippen LogP contribution in [0.4, 0.5) is 0 Å². The normalized spacial score (nSPS) is 13.7. The first-order valence-electron chi connectivity index (χ1n) is 29.6. The predicted molar refractivity (Wildman–Crippen MR) is 357 cm³/mol. The van der Waals surface area contributed by atoms with Crippen molar-refractivity contribution in [3.63, 3.8) is 0 Å². The van der Waals surface area contributed by atoms with Gasteiger partial charge in [0.05, 0.1) is 0 Å². The average Bonchev–Trinajstić information content (AvgIpc) is 3.73. The number of benzene rings is 11. The molecule has 13 rings (SSSR count). The molecule has 2 aliphatic heterocycles. The third kappa shape index (κ3) is 9.86. The SMILES string of the molecule is CC(C)(C)c1cc(-c2cc(-c3cc4c5c(c3)Sc3cc(C(C)(C)c6ccccc6)ccc3B5CCCc3ccc(C(C)(C)c5ccccc5)cc3S4)cc(-c3c4ccccc4c(-c4ccccc4)c4ccccc34)c2)cc(C(C)(C)C)c1. The Kier molecular flexibility index (Phi) is 13.7. The van der Waals surface area contributed by atoms with Crippen LogP contribution < -0.4 is 10.9 Å². The van der Waals surface area contributed by atoms with Crippen molar-refractivity contribution >= 4 is 62.7 Å². The monoisotopic (exact) mass is 1100 g/mol. The summed E-state index contributed by atoms with van der Waals surface area (Å²) < 4.78 is 0. The van der Waals surface area contributed by atoms with Crippen LogP contribution in [0.3, 0.4) is 0 Å². The summed E-state index contributed by atoms with van der Waals surface area (Å²) in [4.78, 5) is 5.49. The van der Waals surface area contributed by atoms with Crippen molar-refractivity contribution in [2.45, 2.75) is 130 Å². The predicted octanol–water partition coefficient (Wildman–Crippen LogP) is 21.1. The summed E-state index contributed by atoms with van der Waals surface area (Å²) >= 11 is 4.00. The van der Waals surface area contributed by atoms with E-state index in [1.165, 1.54) is 136 Å². The van der Waals surface area contributed by atoms with Crippen molar-refractivity contribution in [1.29, 1.82) is 0 Å². The smallest absolute Gasteiger partial charge is 0.0911 e. The molecule has 0 spiro atoms. The quantitative estimate of drug-likeness (QED) is 0.110. The van der Waals surface area contributed by atoms with Crippen LogP contribution in [-0.2, 0) is 28.1 Å². The minimum atomic E-state index is -0.166. The van der Waals surface area contributed by atoms with Gasteiger partial charge in [0, 0.05) is 30.4 Å². The molecule has 3 heteroatoms. The van der Waals surface area contributed by atoms with Gasteiger partial charge in [-0.2, -0.15) is 0 Å². The second kappa shape index (κ2) is 20.8. The van der Waals surface area contributed by atoms with Crippen molar-refractivity contribution in [1.82, 2.24) is 0 Å². The maximum atomic E-state index is 2.59. The van der Waals surface area contributed by atoms with E-state index >= 15 is 0 Å². The Morgan fingerprint density at radius 2 is 0.732 bits per heavy atom. The molecule has 0 radical (unpaired) electrons. The summed E-state index contributed by atoms with van der Waals surface area (Å²) in [6.45, 7) is 23.9. The van der Waals surface area contributed by atoms with Crippen molar-refractivity contribution in [3.8, 4) is 44.5 Å². The Hall–Kier alpha value is -7.30. The van der Waals surface area contributed by atoms with Gasteiger partial charge >= 0.3 is 0 Å². The molecule has 0 N–H and O–H groups in total. The largest absolute Gasteiger partial charge is 0.213 e. The highest BCUT2D eigenvalue weighted by atomic mass is 32.2. The van der Waals surface area contributed by atoms with Gasteiger partial charge in [0.15, 0.2) is 0 Å². The van der Waals surface area contributed by atoms with Gasteiger partial charge in [0.25, 0.3) is 0 Å². The summed E-state index contributed by atoms with van der Waals surface area (Å²) in [7, 11) is 0. The first-order chi connectivity index (χ1) is 39.4. The standard InChI is InChI=1S/C79H73BS2/c1-76(2,3)62-44-55(45-63(48-62)77(4,5)6)53-41-54(43-57(42-53)74-66-34-22-20-32-64(66)73(52-25-14-11-15-26-52)65-33-21-23-35-67(65)74)56-46-71-75-72(47-56)82-70-50-61(79(9,10)59-30-18-13-19-31-59)38-39-68(70)80(75)40-24-27-51-36-37-60(49-69(51)81-71)78(7,8)58-28-16-12-17-29-58/h11-23,25-26,28-39,41-50H,24,27,40H2,1-10H3. The second-order valence-electron chi connectivity index (χ2n) is 26.4. The van der Waals surface area contributed by atoms with Gasteiger partial charge in [-0.25, -0.2) is 0 Å². The van der Waals surface area contributed by atoms with Gasteiger partial charge in [-0.3, -0.25) is 0 Å². The van der Waals surface area contributed by atoms with Crippen molar-refractivity contribution in [3.05, 3.63) is 263 Å². The van der Waals surface area contributed by atoms with Crippen LogP contribution in [0.2, 0.25) is 6.32 Å². The van der Waals surface area contributed by atoms with Crippen molar-refractivity contribution in [2.75, 3.05) is 0 Å². The maximum absolute atomic E-state index is 2.59. The molecule has 0 aliphatic carbocycles. The Bertz CT molecular complexity index is 4160. The van der Waals surface area contributed by atoms with Crippen LogP contribution in [0.15, 0.2) is 244 Å². The van der Waals surface area contributed by atoms with Crippen LogP contribution in [0.1, 0.15) is 115 Å². The van der Waals surface area contributed by atoms with E-state index in [9.17, 15) is 0 Å². The molecule has 0 amide bonds. The summed E-state index contributed by atoms with van der Waals surface area (Å²) in [5.41, 5.74) is 22.0. The van der Waals surface area contributed by atoms with Gasteiger partial charge in [-0.05, 0) is 170 Å². The first-order valence-corrected chi connectivity index (χ1v) is 31.3. The number of fused-ring (bicyclic) bond motifs is 5. The lowest BCUT2D eigenvalue weighted by atomic mass is 9.38. The zero-order valence-corrected chi connectivity index (χ0v) is 51.0. The third-order valence-electron chi connectivity index (χ3n) is 18.3. The fourth-order valence-corrected chi connectivity index (χ4v) is 15.8. The Labute approximate surface area is 497 Å². The van der Waals surface area contributed by atoms with Crippen LogP contribution in [0.25, 0.3) is 66.1 Å². The molecule has 0 bridgehead atoms. The average molecular weight is 1100 g/mol. The van der Waals surface area contributed by atoms with Gasteiger partial charge < -0.3 is 0 Å². The van der Waals surface area contributed by atoms with E-state index in [1.807, 2.05) is 23.5 Å². The van der Waals surface area contributed by atoms with E-state index in [0.717, 1.165) is 19.2 Å². The lowest BCUT2D eigenvalue weighted by molar-refractivity contribution is 0.569. The molecule has 0 unspecified atom stereocenters. The Morgan fingerprint density at radius 1 is 0.317 bits per heavy atom. The minimum Gasteiger partial charge on any atom is -0.0911 e. The molecule has 404 valence electrons. The summed E-state index contributed by atoms with van der Waals surface area (Å²) in [5.74, 6) is 0. The number of hydrogen-bond acceptors (Lipinski definition) is 2. The van der Waals surface area contributed by atoms with Gasteiger partial charge in [0.1, 0.15) is 0 Å². The van der Waals surface area contributed by atoms with E-state index in [-0.39, 0.29) is 28.4 Å². The zero-order valence-electron chi connectivity index (χ0n) is 49.4. The molecule has 0 nitrogen and oxygen atoms in total. The molecule has 0 fully saturated rings. The van der Waals surface area contributed by atoms with Crippen molar-refractivity contribution < 1.29 is 0 Å². The highest BCUT2D eigenvalue weighted by molar-refractivity contribution is 8.01. The Balaban J connectivity index is 1.07. The molecule has 0 saturated heterocycles. The topological polar surface area (TPSA) is 0 Å². The summed E-state index contributed by atoms with van der Waals surface area (Å²) in [5, 5.41) is 5.05. The first kappa shape index (κ1) is 54.0. The Morgan fingerprint density at radius 3 is 1.24 bits per heavy atom. The minimum absolute atomic E-state index is 0.0445. The molecule has 2 aliphatic rings. The van der Waals surface area contributed by atoms with E-state index < -0.39 is 0 Å². The molecule has 11 aromatic carbocycles. The van der Waals surface area contributed by atoms with E-state index in [4.69, 9.17) is 0 Å². The molecule has 82 heavy (non-hydrogen) atoms. The third-order valence-corrected chi connectivity index (χ3v) is 20.6. The van der Waals surface area contributed by atoms with Crippen LogP contribution >= 0.6 is 23.5 Å². The number of hydrogen-bond donors (Lipinski definition) is 0. The fraction of sp³-hybridized carbons (Fsp3) is 0.215. The van der Waals surface area contributed by atoms with Gasteiger partial charge in [-0.15, -0.1) is 0 Å². The molecule has 2 heterocycles. The molecule has 0 aromatic heterocycles. The molecular formula is C79H73BS2. The van der Waals surface area contributed by atoms with E-state index in [0.29, 0.717) is 0 Å². The summed E-state index contributed by atoms with van der Waals surface area (Å²) in [6.07, 6.45) is 3.25. The lowest BCUT2D eigenvalue weighted by Crippen LogP contribution is -2.47. The maximum Gasteiger partial charge on any atom is 0.213 e. The highest BCUT2D eigenvalue weighted by Crippen LogP contribution is 2.49. The van der Waals surface area contributed by atoms with Crippen LogP contribution in [0, 0.1) is 0 Å². The molecule has 11 aromatic rings. The molecular weight excluding hydrogens is 1020 g/mol. The van der Waals surface area contributed by atoms with Gasteiger partial charge in [-0.1, -0.05) is 293 Å². The van der Waals surface area contributed by atoms with Crippen LogP contribution in [-0.4, -0.2) is 6.71 Å². The van der Waals surface area contributed by atoms with Crippen molar-refractivity contribution in [2.24, 2.45) is 0 Å². The van der Waals surface area contributed by atoms with Crippen LogP contribution in [0.5, 0.6) is 0 Å². The molecule has 0 saturated carbocycles. The number of rotatable bonds is 8. The fourth-order valence-electron chi connectivity index (χ4n) is 13.2. The molecule has 0 atom stereocenters. The second-order valence-corrected chi connectivity index (χ2v) is 28.6. The van der Waals surface area contributed by atoms with E-state index in [1.54, 1.807) is 0 Å². The summed E-state index contributed by atoms with van der Waals surface area (Å²) in [6, 6.07) is 86.4. The zero-order chi connectivity index (χ0) is 56.7. The lowest BCUT2D eigenvalue weighted by Gasteiger charge is -2.32. The highest BCUT2D eigenvalue weighted by Gasteiger charge is 2.36. The van der Waals surface area contributed by atoms with Gasteiger partial charge in [0.2, 0.25) is 6.71 Å². The number of aryl methyl sites for hydroxylation is 1. The van der Waals surface area contributed by atoms with E-state index in [2.05, 4.69) is 294 Å².